The van der Waals surface area contributed by atoms with Crippen molar-refractivity contribution in [2.75, 3.05) is 6.61 Å². The van der Waals surface area contributed by atoms with Gasteiger partial charge in [0.15, 0.2) is 5.78 Å². The van der Waals surface area contributed by atoms with Gasteiger partial charge in [-0.15, -0.1) is 0 Å². The molecule has 9 heteroatoms. The molecule has 0 aliphatic rings. The number of carbonyl (C=O) groups is 3. The summed E-state index contributed by atoms with van der Waals surface area (Å²) in [7, 11) is 0. The summed E-state index contributed by atoms with van der Waals surface area (Å²) < 4.78 is 10.1. The summed E-state index contributed by atoms with van der Waals surface area (Å²) in [6.07, 6.45) is 9.73. The maximum absolute atomic E-state index is 12.6. The fourth-order valence-corrected chi connectivity index (χ4v) is 4.32. The summed E-state index contributed by atoms with van der Waals surface area (Å²) in [5, 5.41) is 32.6. The number of aliphatic hydroxyl groups excluding tert-OH is 3. The molecule has 1 aromatic carbocycles. The Morgan fingerprint density at radius 3 is 1.82 bits per heavy atom. The number of carbonyl (C=O) groups excluding carboxylic acids is 3. The van der Waals surface area contributed by atoms with Gasteiger partial charge in [-0.05, 0) is 18.9 Å². The predicted molar refractivity (Wildman–Crippen MR) is 154 cm³/mol. The summed E-state index contributed by atoms with van der Waals surface area (Å²) in [4.78, 5) is 36.7. The molecule has 0 fully saturated rings. The Morgan fingerprint density at radius 2 is 1.30 bits per heavy atom. The molecule has 1 aromatic rings. The van der Waals surface area contributed by atoms with Crippen LogP contribution in [0.3, 0.4) is 0 Å². The number of unbranched alkanes of at least 4 members (excludes halogenated alkanes) is 12. The lowest BCUT2D eigenvalue weighted by Gasteiger charge is -2.24. The van der Waals surface area contributed by atoms with E-state index >= 15 is 0 Å². The predicted octanol–water partition coefficient (Wildman–Crippen LogP) is 4.98. The topological polar surface area (TPSA) is 142 Å². The van der Waals surface area contributed by atoms with E-state index in [1.165, 1.54) is 64.7 Å². The fraction of sp³-hybridized carbons (Fsp3) is 0.710. The molecule has 1 rings (SSSR count). The SMILES string of the molecule is CCCCCCCCCCCCCCCC(=O)OC[C@@H](O)[C@H](O)C(=O)[C@@H](NC(=O)OCc1ccccc1)C(C)O. The van der Waals surface area contributed by atoms with Crippen molar-refractivity contribution in [1.82, 2.24) is 5.32 Å². The van der Waals surface area contributed by atoms with Gasteiger partial charge in [-0.25, -0.2) is 4.79 Å². The number of ketones is 1. The average molecular weight is 566 g/mol. The van der Waals surface area contributed by atoms with Crippen LogP contribution in [0.4, 0.5) is 4.79 Å². The van der Waals surface area contributed by atoms with Gasteiger partial charge in [0.2, 0.25) is 0 Å². The zero-order valence-electron chi connectivity index (χ0n) is 24.4. The van der Waals surface area contributed by atoms with E-state index in [1.54, 1.807) is 24.3 Å². The minimum atomic E-state index is -1.97. The summed E-state index contributed by atoms with van der Waals surface area (Å²) in [6, 6.07) is 7.37. The molecule has 0 radical (unpaired) electrons. The molecular weight excluding hydrogens is 514 g/mol. The number of amides is 1. The monoisotopic (exact) mass is 565 g/mol. The van der Waals surface area contributed by atoms with Crippen LogP contribution in [0.1, 0.15) is 109 Å². The minimum absolute atomic E-state index is 0.0478. The highest BCUT2D eigenvalue weighted by atomic mass is 16.6. The van der Waals surface area contributed by atoms with E-state index in [-0.39, 0.29) is 13.0 Å². The number of esters is 1. The Bertz CT molecular complexity index is 817. The Hall–Kier alpha value is -2.49. The van der Waals surface area contributed by atoms with E-state index < -0.39 is 48.8 Å². The molecule has 0 bridgehead atoms. The van der Waals surface area contributed by atoms with Crippen molar-refractivity contribution in [3.05, 3.63) is 35.9 Å². The van der Waals surface area contributed by atoms with Crippen LogP contribution in [0, 0.1) is 0 Å². The molecule has 9 nitrogen and oxygen atoms in total. The van der Waals surface area contributed by atoms with Crippen molar-refractivity contribution in [1.29, 1.82) is 0 Å². The number of hydrogen-bond donors (Lipinski definition) is 4. The average Bonchev–Trinajstić information content (AvgIpc) is 2.95. The standard InChI is InChI=1S/C31H51NO8/c1-3-4-5-6-7-8-9-10-11-12-13-14-18-21-27(35)39-23-26(34)29(36)30(37)28(24(2)33)32-31(38)40-22-25-19-16-15-17-20-25/h15-17,19-20,24,26,28-29,33-34,36H,3-14,18,21-23H2,1-2H3,(H,32,38)/t24?,26-,28+,29+/m1/s1. The first-order chi connectivity index (χ1) is 19.3. The van der Waals surface area contributed by atoms with Gasteiger partial charge in [0.25, 0.3) is 0 Å². The highest BCUT2D eigenvalue weighted by Crippen LogP contribution is 2.13. The van der Waals surface area contributed by atoms with Crippen LogP contribution in [0.25, 0.3) is 0 Å². The number of nitrogens with one attached hydrogen (secondary N) is 1. The van der Waals surface area contributed by atoms with E-state index in [0.717, 1.165) is 24.8 Å². The largest absolute Gasteiger partial charge is 0.463 e. The number of benzene rings is 1. The number of rotatable bonds is 23. The lowest BCUT2D eigenvalue weighted by Crippen LogP contribution is -2.54. The molecule has 1 unspecified atom stereocenters. The van der Waals surface area contributed by atoms with Crippen molar-refractivity contribution in [2.24, 2.45) is 0 Å². The first-order valence-corrected chi connectivity index (χ1v) is 15.0. The molecule has 4 atom stereocenters. The van der Waals surface area contributed by atoms with Gasteiger partial charge < -0.3 is 30.1 Å². The van der Waals surface area contributed by atoms with Crippen LogP contribution in [-0.4, -0.2) is 64.1 Å². The molecule has 1 amide bonds. The van der Waals surface area contributed by atoms with Gasteiger partial charge >= 0.3 is 12.1 Å². The maximum atomic E-state index is 12.6. The quantitative estimate of drug-likeness (QED) is 0.108. The molecule has 0 aliphatic carbocycles. The zero-order chi connectivity index (χ0) is 29.6. The Labute approximate surface area is 239 Å². The van der Waals surface area contributed by atoms with E-state index in [2.05, 4.69) is 12.2 Å². The normalized spacial score (nSPS) is 14.1. The number of hydrogen-bond acceptors (Lipinski definition) is 8. The molecule has 0 heterocycles. The van der Waals surface area contributed by atoms with Gasteiger partial charge in [0.05, 0.1) is 6.10 Å². The van der Waals surface area contributed by atoms with Gasteiger partial charge in [-0.2, -0.15) is 0 Å². The molecule has 0 aromatic heterocycles. The van der Waals surface area contributed by atoms with Crippen molar-refractivity contribution >= 4 is 17.8 Å². The third-order valence-electron chi connectivity index (χ3n) is 6.83. The third kappa shape index (κ3) is 16.6. The van der Waals surface area contributed by atoms with E-state index in [4.69, 9.17) is 9.47 Å². The summed E-state index contributed by atoms with van der Waals surface area (Å²) >= 11 is 0. The lowest BCUT2D eigenvalue weighted by molar-refractivity contribution is -0.153. The summed E-state index contributed by atoms with van der Waals surface area (Å²) in [5.41, 5.74) is 0.730. The van der Waals surface area contributed by atoms with Gasteiger partial charge in [0.1, 0.15) is 31.5 Å². The lowest BCUT2D eigenvalue weighted by atomic mass is 9.99. The smallest absolute Gasteiger partial charge is 0.408 e. The number of aliphatic hydroxyl groups is 3. The highest BCUT2D eigenvalue weighted by molar-refractivity contribution is 5.91. The van der Waals surface area contributed by atoms with Gasteiger partial charge in [0, 0.05) is 6.42 Å². The summed E-state index contributed by atoms with van der Waals surface area (Å²) in [5.74, 6) is -1.54. The summed E-state index contributed by atoms with van der Waals surface area (Å²) in [6.45, 7) is 2.87. The number of alkyl carbamates (subject to hydrolysis) is 1. The Morgan fingerprint density at radius 1 is 0.775 bits per heavy atom. The maximum Gasteiger partial charge on any atom is 0.408 e. The first-order valence-electron chi connectivity index (χ1n) is 15.0. The zero-order valence-corrected chi connectivity index (χ0v) is 24.4. The van der Waals surface area contributed by atoms with E-state index in [1.807, 2.05) is 6.07 Å². The molecule has 228 valence electrons. The second-order valence-corrected chi connectivity index (χ2v) is 10.5. The molecule has 40 heavy (non-hydrogen) atoms. The molecular formula is C31H51NO8. The molecule has 0 saturated heterocycles. The van der Waals surface area contributed by atoms with Crippen molar-refractivity contribution < 1.29 is 39.2 Å². The van der Waals surface area contributed by atoms with Crippen LogP contribution in [0.5, 0.6) is 0 Å². The molecule has 0 saturated carbocycles. The van der Waals surface area contributed by atoms with E-state index in [0.29, 0.717) is 6.42 Å². The second kappa shape index (κ2) is 22.2. The molecule has 0 spiro atoms. The van der Waals surface area contributed by atoms with Crippen LogP contribution >= 0.6 is 0 Å². The van der Waals surface area contributed by atoms with Gasteiger partial charge in [-0.1, -0.05) is 114 Å². The van der Waals surface area contributed by atoms with Crippen molar-refractivity contribution in [3.8, 4) is 0 Å². The second-order valence-electron chi connectivity index (χ2n) is 10.5. The van der Waals surface area contributed by atoms with Gasteiger partial charge in [-0.3, -0.25) is 9.59 Å². The number of ether oxygens (including phenoxy) is 2. The number of Topliss-reactive ketones (excluding diaryl/α,β-unsaturated/α-hetero) is 1. The van der Waals surface area contributed by atoms with E-state index in [9.17, 15) is 29.7 Å². The van der Waals surface area contributed by atoms with Crippen LogP contribution in [0.2, 0.25) is 0 Å². The highest BCUT2D eigenvalue weighted by Gasteiger charge is 2.35. The van der Waals surface area contributed by atoms with Crippen molar-refractivity contribution in [2.45, 2.75) is 135 Å². The Balaban J connectivity index is 2.20. The first kappa shape index (κ1) is 35.5. The van der Waals surface area contributed by atoms with Crippen LogP contribution in [-0.2, 0) is 25.7 Å². The fourth-order valence-electron chi connectivity index (χ4n) is 4.32. The Kier molecular flexibility index (Phi) is 19.7. The molecule has 4 N–H and O–H groups in total. The van der Waals surface area contributed by atoms with Crippen LogP contribution < -0.4 is 5.32 Å². The molecule has 0 aliphatic heterocycles. The third-order valence-corrected chi connectivity index (χ3v) is 6.83. The van der Waals surface area contributed by atoms with Crippen molar-refractivity contribution in [3.63, 3.8) is 0 Å². The minimum Gasteiger partial charge on any atom is -0.463 e. The van der Waals surface area contributed by atoms with Crippen LogP contribution in [0.15, 0.2) is 30.3 Å².